The van der Waals surface area contributed by atoms with Gasteiger partial charge in [0.1, 0.15) is 5.82 Å². The first kappa shape index (κ1) is 14.8. The molecule has 0 fully saturated rings. The predicted molar refractivity (Wildman–Crippen MR) is 82.5 cm³/mol. The Bertz CT molecular complexity index is 632. The largest absolute Gasteiger partial charge is 0.476 e. The van der Waals surface area contributed by atoms with Crippen LogP contribution in [0.4, 0.5) is 5.82 Å². The van der Waals surface area contributed by atoms with E-state index in [1.165, 1.54) is 0 Å². The van der Waals surface area contributed by atoms with Gasteiger partial charge in [-0.3, -0.25) is 0 Å². The zero-order valence-electron chi connectivity index (χ0n) is 10.7. The Balaban J connectivity index is 2.20. The molecule has 0 aliphatic rings. The van der Waals surface area contributed by atoms with Gasteiger partial charge < -0.3 is 10.0 Å². The summed E-state index contributed by atoms with van der Waals surface area (Å²) in [5, 5.41) is 9.16. The number of hydrogen-bond donors (Lipinski definition) is 1. The monoisotopic (exact) mass is 354 g/mol. The standard InChI is InChI=1S/C14H12BrClN2O2/c1-18(8-9-2-4-10(15)5-3-9)12-7-6-11(16)13(17-12)14(19)20/h2-7H,8H2,1H3,(H,19,20). The maximum Gasteiger partial charge on any atom is 0.356 e. The molecule has 0 amide bonds. The van der Waals surface area contributed by atoms with Gasteiger partial charge in [0.05, 0.1) is 5.02 Å². The van der Waals surface area contributed by atoms with Crippen LogP contribution in [0.3, 0.4) is 0 Å². The van der Waals surface area contributed by atoms with Crippen LogP contribution in [0.2, 0.25) is 5.02 Å². The number of hydrogen-bond acceptors (Lipinski definition) is 3. The van der Waals surface area contributed by atoms with Crippen molar-refractivity contribution in [2.45, 2.75) is 6.54 Å². The Labute approximate surface area is 130 Å². The second-order valence-corrected chi connectivity index (χ2v) is 5.61. The number of carboxylic acids is 1. The summed E-state index contributed by atoms with van der Waals surface area (Å²) in [6.45, 7) is 0.626. The average Bonchev–Trinajstić information content (AvgIpc) is 2.41. The molecule has 1 aromatic heterocycles. The van der Waals surface area contributed by atoms with Gasteiger partial charge in [0.2, 0.25) is 0 Å². The molecule has 1 aromatic carbocycles. The van der Waals surface area contributed by atoms with Crippen LogP contribution in [0.15, 0.2) is 40.9 Å². The van der Waals surface area contributed by atoms with Crippen molar-refractivity contribution in [1.82, 2.24) is 4.98 Å². The van der Waals surface area contributed by atoms with Crippen LogP contribution >= 0.6 is 27.5 Å². The lowest BCUT2D eigenvalue weighted by Crippen LogP contribution is -2.18. The number of halogens is 2. The van der Waals surface area contributed by atoms with Gasteiger partial charge in [-0.05, 0) is 29.8 Å². The molecule has 2 rings (SSSR count). The minimum Gasteiger partial charge on any atom is -0.476 e. The molecule has 0 bridgehead atoms. The van der Waals surface area contributed by atoms with Gasteiger partial charge >= 0.3 is 5.97 Å². The Morgan fingerprint density at radius 2 is 1.95 bits per heavy atom. The Kier molecular flexibility index (Phi) is 4.62. The number of carbonyl (C=O) groups is 1. The van der Waals surface area contributed by atoms with Gasteiger partial charge in [-0.25, -0.2) is 9.78 Å². The lowest BCUT2D eigenvalue weighted by molar-refractivity contribution is 0.0691. The zero-order chi connectivity index (χ0) is 14.7. The van der Waals surface area contributed by atoms with Crippen molar-refractivity contribution < 1.29 is 9.90 Å². The third kappa shape index (κ3) is 3.49. The molecule has 6 heteroatoms. The molecule has 4 nitrogen and oxygen atoms in total. The number of carboxylic acid groups (broad SMARTS) is 1. The molecule has 0 saturated heterocycles. The van der Waals surface area contributed by atoms with Crippen molar-refractivity contribution in [2.24, 2.45) is 0 Å². The van der Waals surface area contributed by atoms with Crippen molar-refractivity contribution >= 4 is 39.3 Å². The smallest absolute Gasteiger partial charge is 0.356 e. The van der Waals surface area contributed by atoms with E-state index in [2.05, 4.69) is 20.9 Å². The molecular weight excluding hydrogens is 344 g/mol. The van der Waals surface area contributed by atoms with Gasteiger partial charge in [0.25, 0.3) is 0 Å². The second-order valence-electron chi connectivity index (χ2n) is 4.29. The first-order valence-electron chi connectivity index (χ1n) is 5.83. The summed E-state index contributed by atoms with van der Waals surface area (Å²) in [5.74, 6) is -0.566. The van der Waals surface area contributed by atoms with Crippen molar-refractivity contribution in [3.8, 4) is 0 Å². The highest BCUT2D eigenvalue weighted by Gasteiger charge is 2.13. The summed E-state index contributed by atoms with van der Waals surface area (Å²) in [5.41, 5.74) is 0.969. The quantitative estimate of drug-likeness (QED) is 0.905. The topological polar surface area (TPSA) is 53.4 Å². The van der Waals surface area contributed by atoms with Gasteiger partial charge in [0.15, 0.2) is 5.69 Å². The minimum absolute atomic E-state index is 0.133. The van der Waals surface area contributed by atoms with Crippen molar-refractivity contribution in [2.75, 3.05) is 11.9 Å². The van der Waals surface area contributed by atoms with Crippen molar-refractivity contribution in [3.63, 3.8) is 0 Å². The summed E-state index contributed by atoms with van der Waals surface area (Å²) in [7, 11) is 1.85. The third-order valence-electron chi connectivity index (χ3n) is 2.76. The molecule has 20 heavy (non-hydrogen) atoms. The maximum atomic E-state index is 11.0. The molecule has 0 atom stereocenters. The number of aromatic nitrogens is 1. The average molecular weight is 356 g/mol. The van der Waals surface area contributed by atoms with Gasteiger partial charge in [-0.15, -0.1) is 0 Å². The molecule has 0 unspecified atom stereocenters. The highest BCUT2D eigenvalue weighted by molar-refractivity contribution is 9.10. The van der Waals surface area contributed by atoms with Gasteiger partial charge in [-0.1, -0.05) is 39.7 Å². The summed E-state index contributed by atoms with van der Waals surface area (Å²) >= 11 is 9.19. The lowest BCUT2D eigenvalue weighted by Gasteiger charge is -2.19. The van der Waals surface area contributed by atoms with Crippen LogP contribution in [0.5, 0.6) is 0 Å². The first-order valence-corrected chi connectivity index (χ1v) is 7.00. The Morgan fingerprint density at radius 3 is 2.55 bits per heavy atom. The third-order valence-corrected chi connectivity index (χ3v) is 3.59. The molecule has 104 valence electrons. The van der Waals surface area contributed by atoms with Crippen LogP contribution in [0.25, 0.3) is 0 Å². The highest BCUT2D eigenvalue weighted by atomic mass is 79.9. The van der Waals surface area contributed by atoms with E-state index in [0.29, 0.717) is 12.4 Å². The number of benzene rings is 1. The molecule has 0 spiro atoms. The number of nitrogens with zero attached hydrogens (tertiary/aromatic N) is 2. The Morgan fingerprint density at radius 1 is 1.30 bits per heavy atom. The molecule has 0 aliphatic carbocycles. The molecule has 0 radical (unpaired) electrons. The SMILES string of the molecule is CN(Cc1ccc(Br)cc1)c1ccc(Cl)c(C(=O)O)n1. The lowest BCUT2D eigenvalue weighted by atomic mass is 10.2. The van der Waals surface area contributed by atoms with Gasteiger partial charge in [0, 0.05) is 18.1 Å². The van der Waals surface area contributed by atoms with E-state index in [0.717, 1.165) is 10.0 Å². The van der Waals surface area contributed by atoms with Gasteiger partial charge in [-0.2, -0.15) is 0 Å². The summed E-state index contributed by atoms with van der Waals surface area (Å²) < 4.78 is 1.02. The normalized spacial score (nSPS) is 10.3. The van der Waals surface area contributed by atoms with Crippen LogP contribution in [0.1, 0.15) is 16.1 Å². The number of aromatic carboxylic acids is 1. The zero-order valence-corrected chi connectivity index (χ0v) is 13.0. The van der Waals surface area contributed by atoms with E-state index in [1.807, 2.05) is 36.2 Å². The molecule has 2 aromatic rings. The van der Waals surface area contributed by atoms with E-state index >= 15 is 0 Å². The Hall–Kier alpha value is -1.59. The molecule has 0 saturated carbocycles. The number of anilines is 1. The van der Waals surface area contributed by atoms with Crippen LogP contribution in [-0.4, -0.2) is 23.1 Å². The summed E-state index contributed by atoms with van der Waals surface area (Å²) in [4.78, 5) is 17.0. The van der Waals surface area contributed by atoms with E-state index in [1.54, 1.807) is 12.1 Å². The van der Waals surface area contributed by atoms with E-state index < -0.39 is 5.97 Å². The molecule has 1 heterocycles. The molecule has 1 N–H and O–H groups in total. The van der Waals surface area contributed by atoms with Crippen molar-refractivity contribution in [3.05, 3.63) is 57.2 Å². The summed E-state index contributed by atoms with van der Waals surface area (Å²) in [6, 6.07) is 11.2. The summed E-state index contributed by atoms with van der Waals surface area (Å²) in [6.07, 6.45) is 0. The second kappa shape index (κ2) is 6.24. The van der Waals surface area contributed by atoms with E-state index in [4.69, 9.17) is 16.7 Å². The fraction of sp³-hybridized carbons (Fsp3) is 0.143. The van der Waals surface area contributed by atoms with Crippen molar-refractivity contribution in [1.29, 1.82) is 0 Å². The molecular formula is C14H12BrClN2O2. The number of pyridine rings is 1. The number of rotatable bonds is 4. The van der Waals surface area contributed by atoms with Crippen LogP contribution < -0.4 is 4.90 Å². The maximum absolute atomic E-state index is 11.0. The fourth-order valence-corrected chi connectivity index (χ4v) is 2.19. The van der Waals surface area contributed by atoms with E-state index in [9.17, 15) is 4.79 Å². The minimum atomic E-state index is -1.13. The van der Waals surface area contributed by atoms with Crippen LogP contribution in [0, 0.1) is 0 Å². The van der Waals surface area contributed by atoms with E-state index in [-0.39, 0.29) is 10.7 Å². The highest BCUT2D eigenvalue weighted by Crippen LogP contribution is 2.20. The predicted octanol–water partition coefficient (Wildman–Crippen LogP) is 3.83. The first-order chi connectivity index (χ1) is 9.47. The molecule has 0 aliphatic heterocycles. The fourth-order valence-electron chi connectivity index (χ4n) is 1.74. The van der Waals surface area contributed by atoms with Crippen LogP contribution in [-0.2, 0) is 6.54 Å².